The first-order valence-electron chi connectivity index (χ1n) is 5.96. The van der Waals surface area contributed by atoms with E-state index in [1.807, 2.05) is 6.07 Å². The third kappa shape index (κ3) is 3.91. The maximum absolute atomic E-state index is 9.10. The molecular weight excluding hydrogens is 218 g/mol. The minimum atomic E-state index is -0.320. The molecule has 0 aliphatic rings. The summed E-state index contributed by atoms with van der Waals surface area (Å²) in [6.45, 7) is 2.56. The normalized spacial score (nSPS) is 10.8. The Hall–Kier alpha value is -1.26. The molecule has 0 heterocycles. The van der Waals surface area contributed by atoms with Crippen molar-refractivity contribution in [1.82, 2.24) is 0 Å². The van der Waals surface area contributed by atoms with Crippen molar-refractivity contribution in [2.45, 2.75) is 25.7 Å². The third-order valence-corrected chi connectivity index (χ3v) is 2.71. The van der Waals surface area contributed by atoms with Gasteiger partial charge in [-0.05, 0) is 18.1 Å². The molecule has 0 saturated heterocycles. The maximum Gasteiger partial charge on any atom is 0.121 e. The number of hydrogen-bond acceptors (Lipinski definition) is 4. The first-order valence-corrected chi connectivity index (χ1v) is 5.96. The van der Waals surface area contributed by atoms with E-state index in [0.717, 1.165) is 24.2 Å². The largest absolute Gasteiger partial charge is 0.494 e. The first-order chi connectivity index (χ1) is 8.22. The van der Waals surface area contributed by atoms with Crippen LogP contribution in [0.2, 0.25) is 0 Å². The molecule has 1 aromatic carbocycles. The van der Waals surface area contributed by atoms with Crippen LogP contribution in [-0.2, 0) is 0 Å². The number of anilines is 1. The van der Waals surface area contributed by atoms with E-state index in [1.54, 1.807) is 12.1 Å². The summed E-state index contributed by atoms with van der Waals surface area (Å²) in [6, 6.07) is 5.36. The second-order valence-corrected chi connectivity index (χ2v) is 4.05. The van der Waals surface area contributed by atoms with Crippen LogP contribution >= 0.6 is 0 Å². The van der Waals surface area contributed by atoms with E-state index < -0.39 is 0 Å². The van der Waals surface area contributed by atoms with Gasteiger partial charge in [-0.25, -0.2) is 0 Å². The van der Waals surface area contributed by atoms with Crippen LogP contribution in [0.15, 0.2) is 18.2 Å². The molecule has 1 aromatic rings. The van der Waals surface area contributed by atoms with Crippen LogP contribution < -0.4 is 10.5 Å². The van der Waals surface area contributed by atoms with Crippen LogP contribution in [0.5, 0.6) is 5.75 Å². The highest BCUT2D eigenvalue weighted by Crippen LogP contribution is 2.26. The van der Waals surface area contributed by atoms with E-state index in [-0.39, 0.29) is 19.1 Å². The van der Waals surface area contributed by atoms with Crippen molar-refractivity contribution in [2.24, 2.45) is 0 Å². The van der Waals surface area contributed by atoms with Crippen LogP contribution in [0.4, 0.5) is 5.69 Å². The molecule has 0 aliphatic heterocycles. The smallest absolute Gasteiger partial charge is 0.121 e. The van der Waals surface area contributed by atoms with Gasteiger partial charge in [-0.3, -0.25) is 0 Å². The molecule has 0 unspecified atom stereocenters. The molecule has 96 valence electrons. The van der Waals surface area contributed by atoms with Gasteiger partial charge in [0.25, 0.3) is 0 Å². The van der Waals surface area contributed by atoms with Crippen molar-refractivity contribution >= 4 is 5.69 Å². The van der Waals surface area contributed by atoms with Gasteiger partial charge < -0.3 is 20.7 Å². The Morgan fingerprint density at radius 1 is 1.29 bits per heavy atom. The van der Waals surface area contributed by atoms with Gasteiger partial charge in [0.05, 0.1) is 19.8 Å². The Kier molecular flexibility index (Phi) is 5.80. The summed E-state index contributed by atoms with van der Waals surface area (Å²) < 4.78 is 5.52. The monoisotopic (exact) mass is 239 g/mol. The highest BCUT2D eigenvalue weighted by atomic mass is 16.5. The van der Waals surface area contributed by atoms with E-state index >= 15 is 0 Å². The number of nitrogens with two attached hydrogens (primary N) is 1. The molecule has 0 fully saturated rings. The van der Waals surface area contributed by atoms with Crippen molar-refractivity contribution in [3.05, 3.63) is 23.8 Å². The fraction of sp³-hybridized carbons (Fsp3) is 0.538. The van der Waals surface area contributed by atoms with Crippen molar-refractivity contribution in [3.8, 4) is 5.75 Å². The number of unbranched alkanes of at least 4 members (excludes halogenated alkanes) is 1. The predicted molar refractivity (Wildman–Crippen MR) is 68.2 cm³/mol. The summed E-state index contributed by atoms with van der Waals surface area (Å²) in [5.41, 5.74) is 7.19. The topological polar surface area (TPSA) is 75.7 Å². The Balaban J connectivity index is 2.71. The van der Waals surface area contributed by atoms with Gasteiger partial charge in [-0.15, -0.1) is 0 Å². The first kappa shape index (κ1) is 13.8. The summed E-state index contributed by atoms with van der Waals surface area (Å²) in [5.74, 6) is 0.411. The van der Waals surface area contributed by atoms with Crippen LogP contribution in [0.3, 0.4) is 0 Å². The minimum Gasteiger partial charge on any atom is -0.494 e. The molecule has 0 aromatic heterocycles. The van der Waals surface area contributed by atoms with E-state index in [0.29, 0.717) is 12.3 Å². The lowest BCUT2D eigenvalue weighted by atomic mass is 9.99. The van der Waals surface area contributed by atoms with Crippen molar-refractivity contribution in [3.63, 3.8) is 0 Å². The molecule has 1 rings (SSSR count). The second-order valence-electron chi connectivity index (χ2n) is 4.05. The van der Waals surface area contributed by atoms with Gasteiger partial charge in [0.2, 0.25) is 0 Å². The van der Waals surface area contributed by atoms with E-state index in [1.165, 1.54) is 0 Å². The van der Waals surface area contributed by atoms with Crippen LogP contribution in [-0.4, -0.2) is 30.0 Å². The maximum atomic E-state index is 9.10. The lowest BCUT2D eigenvalue weighted by Crippen LogP contribution is -2.11. The summed E-state index contributed by atoms with van der Waals surface area (Å²) in [7, 11) is 0. The lowest BCUT2D eigenvalue weighted by molar-refractivity contribution is 0.193. The van der Waals surface area contributed by atoms with Gasteiger partial charge in [0.1, 0.15) is 5.75 Å². The van der Waals surface area contributed by atoms with Gasteiger partial charge in [0.15, 0.2) is 0 Å². The predicted octanol–water partition coefficient (Wildman–Crippen LogP) is 1.52. The lowest BCUT2D eigenvalue weighted by Gasteiger charge is -2.15. The molecule has 0 spiro atoms. The molecule has 0 atom stereocenters. The average Bonchev–Trinajstić information content (AvgIpc) is 2.33. The van der Waals surface area contributed by atoms with Gasteiger partial charge in [-0.1, -0.05) is 19.4 Å². The molecule has 4 N–H and O–H groups in total. The van der Waals surface area contributed by atoms with E-state index in [4.69, 9.17) is 20.7 Å². The SMILES string of the molecule is CCCCOc1ccc(C(CO)CO)c(N)c1. The number of aliphatic hydroxyl groups is 2. The fourth-order valence-electron chi connectivity index (χ4n) is 1.60. The molecule has 4 heteroatoms. The quantitative estimate of drug-likeness (QED) is 0.498. The highest BCUT2D eigenvalue weighted by Gasteiger charge is 2.12. The standard InChI is InChI=1S/C13H21NO3/c1-2-3-6-17-11-4-5-12(13(14)7-11)10(8-15)9-16/h4-5,7,10,15-16H,2-3,6,8-9,14H2,1H3. The summed E-state index contributed by atoms with van der Waals surface area (Å²) in [5, 5.41) is 18.2. The molecular formula is C13H21NO3. The Labute approximate surface area is 102 Å². The number of nitrogen functional groups attached to an aromatic ring is 1. The Morgan fingerprint density at radius 3 is 2.53 bits per heavy atom. The Bertz CT molecular complexity index is 337. The van der Waals surface area contributed by atoms with Crippen LogP contribution in [0, 0.1) is 0 Å². The van der Waals surface area contributed by atoms with Crippen molar-refractivity contribution in [2.75, 3.05) is 25.6 Å². The summed E-state index contributed by atoms with van der Waals surface area (Å²) in [6.07, 6.45) is 2.10. The number of aliphatic hydroxyl groups excluding tert-OH is 2. The molecule has 17 heavy (non-hydrogen) atoms. The molecule has 0 amide bonds. The number of hydrogen-bond donors (Lipinski definition) is 3. The second kappa shape index (κ2) is 7.14. The van der Waals surface area contributed by atoms with Crippen LogP contribution in [0.25, 0.3) is 0 Å². The van der Waals surface area contributed by atoms with E-state index in [2.05, 4.69) is 6.92 Å². The zero-order valence-electron chi connectivity index (χ0n) is 10.2. The molecule has 0 aliphatic carbocycles. The fourth-order valence-corrected chi connectivity index (χ4v) is 1.60. The van der Waals surface area contributed by atoms with Gasteiger partial charge in [0, 0.05) is 17.7 Å². The number of rotatable bonds is 7. The molecule has 0 radical (unpaired) electrons. The van der Waals surface area contributed by atoms with Crippen LogP contribution in [0.1, 0.15) is 31.2 Å². The number of benzene rings is 1. The molecule has 0 saturated carbocycles. The zero-order valence-corrected chi connectivity index (χ0v) is 10.2. The molecule has 0 bridgehead atoms. The van der Waals surface area contributed by atoms with Gasteiger partial charge in [-0.2, -0.15) is 0 Å². The van der Waals surface area contributed by atoms with Crippen molar-refractivity contribution in [1.29, 1.82) is 0 Å². The minimum absolute atomic E-state index is 0.114. The average molecular weight is 239 g/mol. The summed E-state index contributed by atoms with van der Waals surface area (Å²) >= 11 is 0. The molecule has 4 nitrogen and oxygen atoms in total. The van der Waals surface area contributed by atoms with Gasteiger partial charge >= 0.3 is 0 Å². The Morgan fingerprint density at radius 2 is 2.00 bits per heavy atom. The summed E-state index contributed by atoms with van der Waals surface area (Å²) in [4.78, 5) is 0. The van der Waals surface area contributed by atoms with E-state index in [9.17, 15) is 0 Å². The number of ether oxygens (including phenoxy) is 1. The highest BCUT2D eigenvalue weighted by molar-refractivity contribution is 5.53. The van der Waals surface area contributed by atoms with Crippen molar-refractivity contribution < 1.29 is 14.9 Å². The zero-order chi connectivity index (χ0) is 12.7. The third-order valence-electron chi connectivity index (χ3n) is 2.71.